The zero-order chi connectivity index (χ0) is 20.2. The van der Waals surface area contributed by atoms with Crippen molar-refractivity contribution in [2.24, 2.45) is 0 Å². The van der Waals surface area contributed by atoms with Gasteiger partial charge in [0.05, 0.1) is 0 Å². The highest BCUT2D eigenvalue weighted by Gasteiger charge is 2.17. The average Bonchev–Trinajstić information content (AvgIpc) is 2.58. The fraction of sp³-hybridized carbons (Fsp3) is 0.391. The summed E-state index contributed by atoms with van der Waals surface area (Å²) >= 11 is 0. The molecule has 27 heavy (non-hydrogen) atoms. The Balaban J connectivity index is 2.02. The van der Waals surface area contributed by atoms with Gasteiger partial charge in [-0.2, -0.15) is 0 Å². The standard InChI is InChI=1S/C23H30N2O2/c1-16-8-7-9-21(17(16)2)25(18(3)26)15-14-22(27)24-20-12-10-19(11-13-20)23(4,5)6/h7-13H,14-15H2,1-6H3,(H,24,27). The van der Waals surface area contributed by atoms with Gasteiger partial charge in [0.1, 0.15) is 0 Å². The Labute approximate surface area is 162 Å². The van der Waals surface area contributed by atoms with Crippen LogP contribution >= 0.6 is 0 Å². The Bertz CT molecular complexity index is 817. The normalized spacial score (nSPS) is 11.2. The van der Waals surface area contributed by atoms with Crippen LogP contribution in [0.1, 0.15) is 50.8 Å². The van der Waals surface area contributed by atoms with Gasteiger partial charge in [-0.25, -0.2) is 0 Å². The number of anilines is 2. The zero-order valence-corrected chi connectivity index (χ0v) is 17.2. The van der Waals surface area contributed by atoms with Gasteiger partial charge in [0.2, 0.25) is 11.8 Å². The lowest BCUT2D eigenvalue weighted by atomic mass is 9.87. The van der Waals surface area contributed by atoms with Crippen LogP contribution in [0.2, 0.25) is 0 Å². The SMILES string of the molecule is CC(=O)N(CCC(=O)Nc1ccc(C(C)(C)C)cc1)c1cccc(C)c1C. The highest BCUT2D eigenvalue weighted by molar-refractivity contribution is 5.95. The lowest BCUT2D eigenvalue weighted by molar-refractivity contribution is -0.117. The molecule has 0 aliphatic heterocycles. The fourth-order valence-corrected chi connectivity index (χ4v) is 2.97. The summed E-state index contributed by atoms with van der Waals surface area (Å²) < 4.78 is 0. The molecular formula is C23H30N2O2. The van der Waals surface area contributed by atoms with E-state index in [9.17, 15) is 9.59 Å². The third-order valence-corrected chi connectivity index (χ3v) is 4.84. The Morgan fingerprint density at radius 3 is 2.19 bits per heavy atom. The van der Waals surface area contributed by atoms with Crippen molar-refractivity contribution in [1.82, 2.24) is 0 Å². The van der Waals surface area contributed by atoms with Gasteiger partial charge in [0.15, 0.2) is 0 Å². The third kappa shape index (κ3) is 5.43. The van der Waals surface area contributed by atoms with E-state index in [0.29, 0.717) is 6.54 Å². The average molecular weight is 367 g/mol. The van der Waals surface area contributed by atoms with E-state index in [1.807, 2.05) is 56.3 Å². The number of hydrogen-bond acceptors (Lipinski definition) is 2. The van der Waals surface area contributed by atoms with E-state index >= 15 is 0 Å². The first kappa shape index (κ1) is 20.7. The van der Waals surface area contributed by atoms with E-state index in [2.05, 4.69) is 26.1 Å². The van der Waals surface area contributed by atoms with Gasteiger partial charge in [-0.15, -0.1) is 0 Å². The molecule has 0 saturated heterocycles. The first-order chi connectivity index (χ1) is 12.6. The van der Waals surface area contributed by atoms with Crippen LogP contribution in [-0.4, -0.2) is 18.4 Å². The quantitative estimate of drug-likeness (QED) is 0.811. The van der Waals surface area contributed by atoms with Crippen LogP contribution in [0.3, 0.4) is 0 Å². The van der Waals surface area contributed by atoms with Crippen LogP contribution in [0, 0.1) is 13.8 Å². The van der Waals surface area contributed by atoms with Crippen molar-refractivity contribution >= 4 is 23.2 Å². The molecule has 0 aliphatic rings. The maximum atomic E-state index is 12.4. The van der Waals surface area contributed by atoms with Crippen molar-refractivity contribution in [3.05, 3.63) is 59.2 Å². The van der Waals surface area contributed by atoms with E-state index in [4.69, 9.17) is 0 Å². The highest BCUT2D eigenvalue weighted by Crippen LogP contribution is 2.24. The number of carbonyl (C=O) groups excluding carboxylic acids is 2. The molecule has 0 aromatic heterocycles. The number of rotatable bonds is 5. The van der Waals surface area contributed by atoms with Gasteiger partial charge < -0.3 is 10.2 Å². The van der Waals surface area contributed by atoms with Gasteiger partial charge >= 0.3 is 0 Å². The number of benzene rings is 2. The monoisotopic (exact) mass is 366 g/mol. The Hall–Kier alpha value is -2.62. The van der Waals surface area contributed by atoms with Crippen LogP contribution in [0.4, 0.5) is 11.4 Å². The first-order valence-corrected chi connectivity index (χ1v) is 9.34. The summed E-state index contributed by atoms with van der Waals surface area (Å²) in [5, 5.41) is 2.92. The molecule has 2 amide bonds. The number of aryl methyl sites for hydroxylation is 1. The maximum Gasteiger partial charge on any atom is 0.226 e. The fourth-order valence-electron chi connectivity index (χ4n) is 2.97. The minimum Gasteiger partial charge on any atom is -0.326 e. The summed E-state index contributed by atoms with van der Waals surface area (Å²) in [5.74, 6) is -0.166. The molecule has 1 N–H and O–H groups in total. The van der Waals surface area contributed by atoms with Gasteiger partial charge in [-0.05, 0) is 54.2 Å². The lowest BCUT2D eigenvalue weighted by Crippen LogP contribution is -2.32. The first-order valence-electron chi connectivity index (χ1n) is 9.34. The van der Waals surface area contributed by atoms with Crippen molar-refractivity contribution in [3.63, 3.8) is 0 Å². The summed E-state index contributed by atoms with van der Waals surface area (Å²) in [6.07, 6.45) is 0.244. The second-order valence-corrected chi connectivity index (χ2v) is 8.02. The minimum atomic E-state index is -0.102. The number of nitrogens with zero attached hydrogens (tertiary/aromatic N) is 1. The predicted octanol–water partition coefficient (Wildman–Crippen LogP) is 4.98. The predicted molar refractivity (Wildman–Crippen MR) is 112 cm³/mol. The minimum absolute atomic E-state index is 0.0639. The van der Waals surface area contributed by atoms with E-state index in [1.54, 1.807) is 4.90 Å². The van der Waals surface area contributed by atoms with Gasteiger partial charge in [-0.3, -0.25) is 9.59 Å². The molecule has 0 atom stereocenters. The molecule has 0 spiro atoms. The molecule has 0 aliphatic carbocycles. The molecule has 0 unspecified atom stereocenters. The smallest absolute Gasteiger partial charge is 0.226 e. The zero-order valence-electron chi connectivity index (χ0n) is 17.2. The molecule has 0 fully saturated rings. The molecule has 0 radical (unpaired) electrons. The van der Waals surface area contributed by atoms with E-state index in [-0.39, 0.29) is 23.7 Å². The Morgan fingerprint density at radius 1 is 1.00 bits per heavy atom. The molecule has 2 rings (SSSR count). The van der Waals surface area contributed by atoms with Crippen LogP contribution < -0.4 is 10.2 Å². The number of hydrogen-bond donors (Lipinski definition) is 1. The van der Waals surface area contributed by atoms with Gasteiger partial charge in [0.25, 0.3) is 0 Å². The van der Waals surface area contributed by atoms with E-state index in [0.717, 1.165) is 22.5 Å². The molecule has 144 valence electrons. The van der Waals surface area contributed by atoms with Crippen LogP contribution in [-0.2, 0) is 15.0 Å². The summed E-state index contributed by atoms with van der Waals surface area (Å²) in [6, 6.07) is 13.8. The molecule has 4 nitrogen and oxygen atoms in total. The molecule has 0 bridgehead atoms. The van der Waals surface area contributed by atoms with Crippen LogP contribution in [0.5, 0.6) is 0 Å². The summed E-state index contributed by atoms with van der Waals surface area (Å²) in [6.45, 7) is 12.4. The highest BCUT2D eigenvalue weighted by atomic mass is 16.2. The molecule has 2 aromatic carbocycles. The van der Waals surface area contributed by atoms with Crippen LogP contribution in [0.15, 0.2) is 42.5 Å². The molecule has 2 aromatic rings. The lowest BCUT2D eigenvalue weighted by Gasteiger charge is -2.24. The molecular weight excluding hydrogens is 336 g/mol. The van der Waals surface area contributed by atoms with Gasteiger partial charge in [-0.1, -0.05) is 45.0 Å². The van der Waals surface area contributed by atoms with E-state index in [1.165, 1.54) is 12.5 Å². The number of amides is 2. The number of carbonyl (C=O) groups is 2. The topological polar surface area (TPSA) is 49.4 Å². The van der Waals surface area contributed by atoms with Crippen molar-refractivity contribution in [3.8, 4) is 0 Å². The van der Waals surface area contributed by atoms with Crippen molar-refractivity contribution in [1.29, 1.82) is 0 Å². The van der Waals surface area contributed by atoms with Crippen LogP contribution in [0.25, 0.3) is 0 Å². The second kappa shape index (κ2) is 8.38. The molecule has 0 saturated carbocycles. The Morgan fingerprint density at radius 2 is 1.63 bits per heavy atom. The van der Waals surface area contributed by atoms with Gasteiger partial charge in [0, 0.05) is 31.3 Å². The molecule has 0 heterocycles. The summed E-state index contributed by atoms with van der Waals surface area (Å²) in [5.41, 5.74) is 5.13. The third-order valence-electron chi connectivity index (χ3n) is 4.84. The summed E-state index contributed by atoms with van der Waals surface area (Å²) in [7, 11) is 0. The van der Waals surface area contributed by atoms with Crippen molar-refractivity contribution in [2.75, 3.05) is 16.8 Å². The largest absolute Gasteiger partial charge is 0.326 e. The number of nitrogens with one attached hydrogen (secondary N) is 1. The maximum absolute atomic E-state index is 12.4. The van der Waals surface area contributed by atoms with Crippen molar-refractivity contribution in [2.45, 2.75) is 53.4 Å². The van der Waals surface area contributed by atoms with E-state index < -0.39 is 0 Å². The second-order valence-electron chi connectivity index (χ2n) is 8.02. The summed E-state index contributed by atoms with van der Waals surface area (Å²) in [4.78, 5) is 26.1. The molecule has 4 heteroatoms. The van der Waals surface area contributed by atoms with Crippen molar-refractivity contribution < 1.29 is 9.59 Å². The Kier molecular flexibility index (Phi) is 6.42.